The molecule has 0 aliphatic carbocycles. The molecule has 2 N–H and O–H groups in total. The number of carbonyl (C=O) groups is 2. The predicted molar refractivity (Wildman–Crippen MR) is 146 cm³/mol. The number of aryl methyl sites for hydroxylation is 1. The van der Waals surface area contributed by atoms with Crippen molar-refractivity contribution < 1.29 is 19.1 Å². The van der Waals surface area contributed by atoms with Crippen molar-refractivity contribution in [1.82, 2.24) is 4.98 Å². The first-order valence-electron chi connectivity index (χ1n) is 11.0. The maximum absolute atomic E-state index is 12.5. The second kappa shape index (κ2) is 11.7. The number of anilines is 2. The zero-order valence-corrected chi connectivity index (χ0v) is 21.7. The van der Waals surface area contributed by atoms with Crippen molar-refractivity contribution in [1.29, 1.82) is 0 Å². The van der Waals surface area contributed by atoms with Crippen molar-refractivity contribution in [2.75, 3.05) is 30.6 Å². The molecule has 3 aromatic carbocycles. The average molecular weight is 520 g/mol. The Kier molecular flexibility index (Phi) is 8.24. The van der Waals surface area contributed by atoms with Crippen LogP contribution in [0.3, 0.4) is 0 Å². The number of hydrogen-bond donors (Lipinski definition) is 2. The molecule has 0 unspecified atom stereocenters. The van der Waals surface area contributed by atoms with Crippen LogP contribution in [0.2, 0.25) is 0 Å². The number of thioether (sulfide) groups is 1. The molecule has 0 atom stereocenters. The molecule has 4 aromatic rings. The van der Waals surface area contributed by atoms with Gasteiger partial charge in [0.05, 0.1) is 25.7 Å². The van der Waals surface area contributed by atoms with Gasteiger partial charge in [-0.3, -0.25) is 9.59 Å². The number of thiazole rings is 1. The molecular formula is C27H25N3O4S2. The normalized spacial score (nSPS) is 10.5. The van der Waals surface area contributed by atoms with Crippen LogP contribution in [-0.4, -0.2) is 36.8 Å². The zero-order chi connectivity index (χ0) is 25.5. The molecule has 36 heavy (non-hydrogen) atoms. The summed E-state index contributed by atoms with van der Waals surface area (Å²) in [6.45, 7) is 1.95. The first-order chi connectivity index (χ1) is 17.4. The lowest BCUT2D eigenvalue weighted by atomic mass is 10.1. The average Bonchev–Trinajstić information content (AvgIpc) is 3.36. The summed E-state index contributed by atoms with van der Waals surface area (Å²) in [6, 6.07) is 20.4. The van der Waals surface area contributed by atoms with Gasteiger partial charge in [0, 0.05) is 27.1 Å². The van der Waals surface area contributed by atoms with E-state index in [0.717, 1.165) is 21.7 Å². The number of nitrogens with zero attached hydrogens (tertiary/aromatic N) is 1. The van der Waals surface area contributed by atoms with Gasteiger partial charge in [0.25, 0.3) is 5.91 Å². The Balaban J connectivity index is 1.29. The number of rotatable bonds is 9. The third-order valence-corrected chi connectivity index (χ3v) is 6.96. The molecule has 0 radical (unpaired) electrons. The monoisotopic (exact) mass is 519 g/mol. The minimum absolute atomic E-state index is 0.148. The summed E-state index contributed by atoms with van der Waals surface area (Å²) in [5, 5.41) is 8.15. The highest BCUT2D eigenvalue weighted by atomic mass is 32.2. The van der Waals surface area contributed by atoms with Crippen molar-refractivity contribution in [2.45, 2.75) is 11.8 Å². The molecule has 0 spiro atoms. The lowest BCUT2D eigenvalue weighted by Gasteiger charge is -2.08. The first-order valence-corrected chi connectivity index (χ1v) is 12.9. The van der Waals surface area contributed by atoms with Crippen LogP contribution < -0.4 is 20.1 Å². The summed E-state index contributed by atoms with van der Waals surface area (Å²) < 4.78 is 10.6. The van der Waals surface area contributed by atoms with E-state index >= 15 is 0 Å². The molecule has 7 nitrogen and oxygen atoms in total. The number of aromatic nitrogens is 1. The van der Waals surface area contributed by atoms with E-state index in [0.29, 0.717) is 27.9 Å². The third kappa shape index (κ3) is 6.44. The van der Waals surface area contributed by atoms with Gasteiger partial charge in [-0.25, -0.2) is 4.98 Å². The molecule has 0 bridgehead atoms. The van der Waals surface area contributed by atoms with Crippen LogP contribution >= 0.6 is 23.1 Å². The van der Waals surface area contributed by atoms with Crippen molar-refractivity contribution in [3.05, 3.63) is 83.2 Å². The molecule has 184 valence electrons. The highest BCUT2D eigenvalue weighted by molar-refractivity contribution is 8.00. The van der Waals surface area contributed by atoms with Crippen molar-refractivity contribution in [3.63, 3.8) is 0 Å². The summed E-state index contributed by atoms with van der Waals surface area (Å²) >= 11 is 2.77. The van der Waals surface area contributed by atoms with E-state index in [4.69, 9.17) is 9.47 Å². The Bertz CT molecular complexity index is 1370. The van der Waals surface area contributed by atoms with E-state index in [-0.39, 0.29) is 17.6 Å². The smallest absolute Gasteiger partial charge is 0.255 e. The predicted octanol–water partition coefficient (Wildman–Crippen LogP) is 6.12. The van der Waals surface area contributed by atoms with E-state index in [1.54, 1.807) is 20.3 Å². The fraction of sp³-hybridized carbons (Fsp3) is 0.148. The van der Waals surface area contributed by atoms with Gasteiger partial charge in [-0.15, -0.1) is 23.1 Å². The van der Waals surface area contributed by atoms with Gasteiger partial charge in [-0.05, 0) is 61.5 Å². The van der Waals surface area contributed by atoms with Gasteiger partial charge >= 0.3 is 0 Å². The van der Waals surface area contributed by atoms with Gasteiger partial charge in [-0.2, -0.15) is 0 Å². The summed E-state index contributed by atoms with van der Waals surface area (Å²) in [7, 11) is 3.17. The van der Waals surface area contributed by atoms with Crippen LogP contribution in [-0.2, 0) is 4.79 Å². The Morgan fingerprint density at radius 1 is 0.944 bits per heavy atom. The number of hydrogen-bond acceptors (Lipinski definition) is 7. The molecule has 0 aliphatic heterocycles. The minimum Gasteiger partial charge on any atom is -0.493 e. The van der Waals surface area contributed by atoms with Gasteiger partial charge in [-0.1, -0.05) is 17.7 Å². The zero-order valence-electron chi connectivity index (χ0n) is 20.0. The first kappa shape index (κ1) is 25.3. The summed E-state index contributed by atoms with van der Waals surface area (Å²) in [5.74, 6) is 1.19. The molecule has 0 saturated heterocycles. The Labute approximate surface area is 217 Å². The number of nitrogens with one attached hydrogen (secondary N) is 2. The lowest BCUT2D eigenvalue weighted by molar-refractivity contribution is -0.113. The number of ether oxygens (including phenoxy) is 2. The summed E-state index contributed by atoms with van der Waals surface area (Å²) in [4.78, 5) is 30.3. The molecule has 1 heterocycles. The van der Waals surface area contributed by atoms with Crippen molar-refractivity contribution >= 4 is 45.7 Å². The quantitative estimate of drug-likeness (QED) is 0.259. The van der Waals surface area contributed by atoms with E-state index in [1.165, 1.54) is 23.1 Å². The SMILES string of the molecule is COc1ccc(-c2csc(NC(=O)CSc3ccc(NC(=O)c4cccc(C)c4)cc3)n2)cc1OC. The largest absolute Gasteiger partial charge is 0.493 e. The number of benzene rings is 3. The fourth-order valence-electron chi connectivity index (χ4n) is 3.39. The van der Waals surface area contributed by atoms with Crippen LogP contribution in [0.15, 0.2) is 77.0 Å². The molecule has 0 aliphatic rings. The molecule has 4 rings (SSSR count). The van der Waals surface area contributed by atoms with Crippen molar-refractivity contribution in [2.24, 2.45) is 0 Å². The van der Waals surface area contributed by atoms with Crippen LogP contribution in [0.1, 0.15) is 15.9 Å². The van der Waals surface area contributed by atoms with E-state index < -0.39 is 0 Å². The Morgan fingerprint density at radius 3 is 2.44 bits per heavy atom. The lowest BCUT2D eigenvalue weighted by Crippen LogP contribution is -2.13. The number of methoxy groups -OCH3 is 2. The van der Waals surface area contributed by atoms with Gasteiger partial charge in [0.2, 0.25) is 5.91 Å². The third-order valence-electron chi connectivity index (χ3n) is 5.19. The number of amides is 2. The van der Waals surface area contributed by atoms with Crippen LogP contribution in [0, 0.1) is 6.92 Å². The van der Waals surface area contributed by atoms with E-state index in [2.05, 4.69) is 15.6 Å². The van der Waals surface area contributed by atoms with Crippen LogP contribution in [0.25, 0.3) is 11.3 Å². The second-order valence-electron chi connectivity index (χ2n) is 7.79. The molecule has 9 heteroatoms. The molecule has 0 fully saturated rings. The maximum Gasteiger partial charge on any atom is 0.255 e. The van der Waals surface area contributed by atoms with Crippen molar-refractivity contribution in [3.8, 4) is 22.8 Å². The Morgan fingerprint density at radius 2 is 1.72 bits per heavy atom. The highest BCUT2D eigenvalue weighted by Crippen LogP contribution is 2.33. The molecule has 1 aromatic heterocycles. The summed E-state index contributed by atoms with van der Waals surface area (Å²) in [5.41, 5.74) is 3.95. The molecule has 0 saturated carbocycles. The second-order valence-corrected chi connectivity index (χ2v) is 9.70. The maximum atomic E-state index is 12.5. The highest BCUT2D eigenvalue weighted by Gasteiger charge is 2.12. The van der Waals surface area contributed by atoms with Gasteiger partial charge < -0.3 is 20.1 Å². The summed E-state index contributed by atoms with van der Waals surface area (Å²) in [6.07, 6.45) is 0. The molecular weight excluding hydrogens is 494 g/mol. The van der Waals surface area contributed by atoms with Gasteiger partial charge in [0.15, 0.2) is 16.6 Å². The Hall–Kier alpha value is -3.82. The van der Waals surface area contributed by atoms with Gasteiger partial charge in [0.1, 0.15) is 0 Å². The van der Waals surface area contributed by atoms with E-state index in [9.17, 15) is 9.59 Å². The minimum atomic E-state index is -0.158. The standard InChI is InChI=1S/C27H25N3O4S2/c1-17-5-4-6-19(13-17)26(32)28-20-8-10-21(11-9-20)35-16-25(31)30-27-29-22(15-36-27)18-7-12-23(33-2)24(14-18)34-3/h4-15H,16H2,1-3H3,(H,28,32)(H,29,30,31). The van der Waals surface area contributed by atoms with Crippen LogP contribution in [0.5, 0.6) is 11.5 Å². The van der Waals surface area contributed by atoms with Crippen LogP contribution in [0.4, 0.5) is 10.8 Å². The van der Waals surface area contributed by atoms with E-state index in [1.807, 2.05) is 73.0 Å². The molecule has 2 amide bonds. The number of carbonyl (C=O) groups excluding carboxylic acids is 2. The fourth-order valence-corrected chi connectivity index (χ4v) is 4.82. The topological polar surface area (TPSA) is 89.6 Å².